The molecule has 0 bridgehead atoms. The largest absolute Gasteiger partial charge is 0.486 e. The Morgan fingerprint density at radius 2 is 1.90 bits per heavy atom. The first-order valence-electron chi connectivity index (χ1n) is 9.68. The van der Waals surface area contributed by atoms with Gasteiger partial charge in [0.25, 0.3) is 0 Å². The van der Waals surface area contributed by atoms with Crippen LogP contribution in [0.1, 0.15) is 22.5 Å². The van der Waals surface area contributed by atoms with Crippen molar-refractivity contribution >= 4 is 23.4 Å². The molecule has 1 heterocycles. The van der Waals surface area contributed by atoms with Gasteiger partial charge in [-0.25, -0.2) is 0 Å². The van der Waals surface area contributed by atoms with E-state index in [2.05, 4.69) is 28.2 Å². The number of ether oxygens (including phenoxy) is 1. The van der Waals surface area contributed by atoms with E-state index < -0.39 is 0 Å². The van der Waals surface area contributed by atoms with Gasteiger partial charge < -0.3 is 10.1 Å². The molecular weight excluding hydrogens is 396 g/mol. The van der Waals surface area contributed by atoms with Gasteiger partial charge in [-0.1, -0.05) is 42.1 Å². The lowest BCUT2D eigenvalue weighted by molar-refractivity contribution is -0.113. The van der Waals surface area contributed by atoms with Gasteiger partial charge in [-0.3, -0.25) is 9.36 Å². The first kappa shape index (κ1) is 21.6. The van der Waals surface area contributed by atoms with E-state index in [-0.39, 0.29) is 11.7 Å². The summed E-state index contributed by atoms with van der Waals surface area (Å²) >= 11 is 1.34. The molecule has 0 spiro atoms. The predicted molar refractivity (Wildman–Crippen MR) is 121 cm³/mol. The number of allylic oxidation sites excluding steroid dienone is 1. The van der Waals surface area contributed by atoms with Gasteiger partial charge >= 0.3 is 0 Å². The van der Waals surface area contributed by atoms with Crippen LogP contribution in [0.5, 0.6) is 5.75 Å². The maximum atomic E-state index is 12.4. The second kappa shape index (κ2) is 10.1. The molecule has 0 unspecified atom stereocenters. The number of carbonyl (C=O) groups excluding carboxylic acids is 1. The Balaban J connectivity index is 1.64. The molecule has 7 heteroatoms. The van der Waals surface area contributed by atoms with Crippen molar-refractivity contribution < 1.29 is 9.53 Å². The fraction of sp³-hybridized carbons (Fsp3) is 0.261. The number of para-hydroxylation sites is 1. The summed E-state index contributed by atoms with van der Waals surface area (Å²) in [4.78, 5) is 12.4. The lowest BCUT2D eigenvalue weighted by atomic mass is 10.1. The molecule has 1 aromatic heterocycles. The molecule has 1 amide bonds. The average molecular weight is 423 g/mol. The number of aromatic nitrogens is 3. The molecule has 0 fully saturated rings. The molecule has 0 radical (unpaired) electrons. The van der Waals surface area contributed by atoms with Crippen LogP contribution < -0.4 is 10.1 Å². The van der Waals surface area contributed by atoms with Crippen LogP contribution in [0.15, 0.2) is 60.3 Å². The lowest BCUT2D eigenvalue weighted by Crippen LogP contribution is -2.15. The third-order valence-electron chi connectivity index (χ3n) is 4.42. The summed E-state index contributed by atoms with van der Waals surface area (Å²) in [5.41, 5.74) is 4.14. The smallest absolute Gasteiger partial charge is 0.234 e. The minimum Gasteiger partial charge on any atom is -0.486 e. The number of carbonyl (C=O) groups is 1. The summed E-state index contributed by atoms with van der Waals surface area (Å²) in [5, 5.41) is 12.1. The topological polar surface area (TPSA) is 69.0 Å². The van der Waals surface area contributed by atoms with Crippen molar-refractivity contribution in [3.63, 3.8) is 0 Å². The Kier molecular flexibility index (Phi) is 7.30. The predicted octanol–water partition coefficient (Wildman–Crippen LogP) is 4.70. The third-order valence-corrected chi connectivity index (χ3v) is 5.39. The summed E-state index contributed by atoms with van der Waals surface area (Å²) < 4.78 is 7.84. The summed E-state index contributed by atoms with van der Waals surface area (Å²) in [7, 11) is 0. The van der Waals surface area contributed by atoms with E-state index in [1.807, 2.05) is 61.7 Å². The van der Waals surface area contributed by atoms with Gasteiger partial charge in [-0.15, -0.1) is 16.8 Å². The number of thioether (sulfide) groups is 1. The first-order valence-corrected chi connectivity index (χ1v) is 10.7. The number of benzene rings is 2. The Labute approximate surface area is 181 Å². The molecular formula is C23H26N4O2S. The Bertz CT molecular complexity index is 1030. The molecule has 3 aromatic rings. The van der Waals surface area contributed by atoms with Gasteiger partial charge in [0.1, 0.15) is 12.4 Å². The second-order valence-corrected chi connectivity index (χ2v) is 8.00. The molecule has 0 saturated heterocycles. The van der Waals surface area contributed by atoms with E-state index in [1.54, 1.807) is 6.08 Å². The van der Waals surface area contributed by atoms with Crippen molar-refractivity contribution in [3.05, 3.63) is 77.6 Å². The van der Waals surface area contributed by atoms with Crippen molar-refractivity contribution in [2.24, 2.45) is 0 Å². The zero-order chi connectivity index (χ0) is 21.5. The standard InChI is InChI=1S/C23H26N4O2S/c1-5-10-27-21(14-29-19-12-16(2)11-17(3)13-19)25-26-23(27)30-15-22(28)24-20-9-7-6-8-18(20)4/h5-9,11-13H,1,10,14-15H2,2-4H3,(H,24,28). The molecule has 0 aliphatic heterocycles. The van der Waals surface area contributed by atoms with E-state index in [4.69, 9.17) is 4.74 Å². The van der Waals surface area contributed by atoms with Crippen LogP contribution in [0.3, 0.4) is 0 Å². The number of nitrogens with zero attached hydrogens (tertiary/aromatic N) is 3. The molecule has 0 aliphatic rings. The Hall–Kier alpha value is -3.06. The molecule has 0 atom stereocenters. The highest BCUT2D eigenvalue weighted by Crippen LogP contribution is 2.21. The number of anilines is 1. The fourth-order valence-corrected chi connectivity index (χ4v) is 3.81. The number of aryl methyl sites for hydroxylation is 3. The van der Waals surface area contributed by atoms with Crippen LogP contribution in [0.25, 0.3) is 0 Å². The summed E-state index contributed by atoms with van der Waals surface area (Å²) in [6, 6.07) is 13.8. The van der Waals surface area contributed by atoms with E-state index >= 15 is 0 Å². The average Bonchev–Trinajstić information content (AvgIpc) is 3.08. The van der Waals surface area contributed by atoms with Crippen molar-refractivity contribution in [1.29, 1.82) is 0 Å². The second-order valence-electron chi connectivity index (χ2n) is 7.06. The Morgan fingerprint density at radius 1 is 1.17 bits per heavy atom. The zero-order valence-electron chi connectivity index (χ0n) is 17.5. The highest BCUT2D eigenvalue weighted by molar-refractivity contribution is 7.99. The van der Waals surface area contributed by atoms with E-state index in [0.29, 0.717) is 24.1 Å². The van der Waals surface area contributed by atoms with Gasteiger partial charge in [0.15, 0.2) is 11.0 Å². The molecule has 2 aromatic carbocycles. The van der Waals surface area contributed by atoms with Crippen LogP contribution in [-0.2, 0) is 17.9 Å². The van der Waals surface area contributed by atoms with Gasteiger partial charge in [-0.05, 0) is 55.7 Å². The van der Waals surface area contributed by atoms with Crippen LogP contribution >= 0.6 is 11.8 Å². The third kappa shape index (κ3) is 5.73. The van der Waals surface area contributed by atoms with Crippen molar-refractivity contribution in [1.82, 2.24) is 14.8 Å². The minimum absolute atomic E-state index is 0.0875. The number of nitrogens with one attached hydrogen (secondary N) is 1. The molecule has 0 saturated carbocycles. The monoisotopic (exact) mass is 422 g/mol. The molecule has 6 nitrogen and oxygen atoms in total. The van der Waals surface area contributed by atoms with Gasteiger partial charge in [0.2, 0.25) is 5.91 Å². The molecule has 156 valence electrons. The summed E-state index contributed by atoms with van der Waals surface area (Å²) in [6.45, 7) is 10.7. The van der Waals surface area contributed by atoms with Gasteiger partial charge in [0.05, 0.1) is 5.75 Å². The normalized spacial score (nSPS) is 10.6. The molecule has 0 aliphatic carbocycles. The van der Waals surface area contributed by atoms with E-state index in [9.17, 15) is 4.79 Å². The maximum absolute atomic E-state index is 12.4. The van der Waals surface area contributed by atoms with E-state index in [1.165, 1.54) is 11.8 Å². The highest BCUT2D eigenvalue weighted by Gasteiger charge is 2.14. The summed E-state index contributed by atoms with van der Waals surface area (Å²) in [5.74, 6) is 1.64. The number of hydrogen-bond acceptors (Lipinski definition) is 5. The maximum Gasteiger partial charge on any atom is 0.234 e. The van der Waals surface area contributed by atoms with Crippen molar-refractivity contribution in [2.75, 3.05) is 11.1 Å². The van der Waals surface area contributed by atoms with Crippen LogP contribution in [0.2, 0.25) is 0 Å². The Morgan fingerprint density at radius 3 is 2.60 bits per heavy atom. The van der Waals surface area contributed by atoms with Gasteiger partial charge in [0, 0.05) is 12.2 Å². The van der Waals surface area contributed by atoms with Gasteiger partial charge in [-0.2, -0.15) is 0 Å². The van der Waals surface area contributed by atoms with Crippen LogP contribution in [0.4, 0.5) is 5.69 Å². The first-order chi connectivity index (χ1) is 14.5. The highest BCUT2D eigenvalue weighted by atomic mass is 32.2. The molecule has 30 heavy (non-hydrogen) atoms. The van der Waals surface area contributed by atoms with Crippen LogP contribution in [-0.4, -0.2) is 26.4 Å². The fourth-order valence-electron chi connectivity index (χ4n) is 3.04. The van der Waals surface area contributed by atoms with Crippen molar-refractivity contribution in [2.45, 2.75) is 39.1 Å². The zero-order valence-corrected chi connectivity index (χ0v) is 18.3. The number of rotatable bonds is 9. The van der Waals surface area contributed by atoms with E-state index in [0.717, 1.165) is 28.1 Å². The lowest BCUT2D eigenvalue weighted by Gasteiger charge is -2.11. The summed E-state index contributed by atoms with van der Waals surface area (Å²) in [6.07, 6.45) is 1.78. The SMILES string of the molecule is C=CCn1c(COc2cc(C)cc(C)c2)nnc1SCC(=O)Nc1ccccc1C. The number of amides is 1. The molecule has 3 rings (SSSR count). The quantitative estimate of drug-likeness (QED) is 0.400. The molecule has 1 N–H and O–H groups in total. The number of hydrogen-bond donors (Lipinski definition) is 1. The van der Waals surface area contributed by atoms with Crippen LogP contribution in [0, 0.1) is 20.8 Å². The van der Waals surface area contributed by atoms with Crippen molar-refractivity contribution in [3.8, 4) is 5.75 Å². The minimum atomic E-state index is -0.0875.